The van der Waals surface area contributed by atoms with Crippen molar-refractivity contribution < 1.29 is 14.3 Å². The SMILES string of the molecule is O=C(CCCN1CCN(Cc2ccccc2)CC1)c1ccc2c(c1)OCCO2. The number of hydrogen-bond acceptors (Lipinski definition) is 5. The van der Waals surface area contributed by atoms with Gasteiger partial charge in [0.1, 0.15) is 13.2 Å². The van der Waals surface area contributed by atoms with E-state index in [-0.39, 0.29) is 5.78 Å². The quantitative estimate of drug-likeness (QED) is 0.690. The molecule has 1 fully saturated rings. The molecule has 0 aromatic heterocycles. The Morgan fingerprint density at radius 1 is 0.857 bits per heavy atom. The first-order chi connectivity index (χ1) is 13.8. The summed E-state index contributed by atoms with van der Waals surface area (Å²) in [5.74, 6) is 1.60. The molecule has 148 valence electrons. The summed E-state index contributed by atoms with van der Waals surface area (Å²) in [5.41, 5.74) is 2.10. The van der Waals surface area contributed by atoms with Crippen LogP contribution in [0.15, 0.2) is 48.5 Å². The van der Waals surface area contributed by atoms with Crippen LogP contribution in [0.5, 0.6) is 11.5 Å². The minimum absolute atomic E-state index is 0.180. The van der Waals surface area contributed by atoms with Gasteiger partial charge in [0.2, 0.25) is 0 Å². The highest BCUT2D eigenvalue weighted by Crippen LogP contribution is 2.31. The molecule has 0 bridgehead atoms. The van der Waals surface area contributed by atoms with Gasteiger partial charge in [-0.15, -0.1) is 0 Å². The lowest BCUT2D eigenvalue weighted by Gasteiger charge is -2.34. The zero-order chi connectivity index (χ0) is 19.2. The molecule has 0 unspecified atom stereocenters. The number of carbonyl (C=O) groups is 1. The van der Waals surface area contributed by atoms with Crippen LogP contribution in [0.3, 0.4) is 0 Å². The summed E-state index contributed by atoms with van der Waals surface area (Å²) in [5, 5.41) is 0. The van der Waals surface area contributed by atoms with Crippen LogP contribution < -0.4 is 9.47 Å². The number of hydrogen-bond donors (Lipinski definition) is 0. The Labute approximate surface area is 166 Å². The number of ketones is 1. The van der Waals surface area contributed by atoms with Crippen LogP contribution in [-0.4, -0.2) is 61.5 Å². The van der Waals surface area contributed by atoms with Gasteiger partial charge in [0.05, 0.1) is 0 Å². The molecule has 2 aliphatic heterocycles. The van der Waals surface area contributed by atoms with Gasteiger partial charge in [-0.3, -0.25) is 9.69 Å². The molecule has 2 heterocycles. The average Bonchev–Trinajstić information content (AvgIpc) is 2.75. The van der Waals surface area contributed by atoms with Gasteiger partial charge in [-0.2, -0.15) is 0 Å². The fourth-order valence-corrected chi connectivity index (χ4v) is 3.84. The molecule has 0 N–H and O–H groups in total. The highest BCUT2D eigenvalue weighted by atomic mass is 16.6. The van der Waals surface area contributed by atoms with Gasteiger partial charge in [0, 0.05) is 44.7 Å². The van der Waals surface area contributed by atoms with Crippen LogP contribution in [0.4, 0.5) is 0 Å². The van der Waals surface area contributed by atoms with E-state index in [9.17, 15) is 4.79 Å². The van der Waals surface area contributed by atoms with Crippen LogP contribution in [0.1, 0.15) is 28.8 Å². The Hall–Kier alpha value is -2.37. The zero-order valence-corrected chi connectivity index (χ0v) is 16.3. The van der Waals surface area contributed by atoms with Crippen LogP contribution in [-0.2, 0) is 6.54 Å². The molecule has 2 aromatic rings. The van der Waals surface area contributed by atoms with Gasteiger partial charge in [0.25, 0.3) is 0 Å². The van der Waals surface area contributed by atoms with Gasteiger partial charge in [-0.05, 0) is 36.7 Å². The van der Waals surface area contributed by atoms with Gasteiger partial charge >= 0.3 is 0 Å². The number of nitrogens with zero attached hydrogens (tertiary/aromatic N) is 2. The number of fused-ring (bicyclic) bond motifs is 1. The monoisotopic (exact) mass is 380 g/mol. The summed E-state index contributed by atoms with van der Waals surface area (Å²) in [6.45, 7) is 7.44. The van der Waals surface area contributed by atoms with Crippen molar-refractivity contribution in [3.05, 3.63) is 59.7 Å². The fourth-order valence-electron chi connectivity index (χ4n) is 3.84. The molecule has 0 radical (unpaired) electrons. The predicted octanol–water partition coefficient (Wildman–Crippen LogP) is 3.24. The third-order valence-corrected chi connectivity index (χ3v) is 5.46. The molecular formula is C23H28N2O3. The smallest absolute Gasteiger partial charge is 0.163 e. The second-order valence-corrected chi connectivity index (χ2v) is 7.49. The predicted molar refractivity (Wildman–Crippen MR) is 109 cm³/mol. The zero-order valence-electron chi connectivity index (χ0n) is 16.3. The summed E-state index contributed by atoms with van der Waals surface area (Å²) in [6.07, 6.45) is 1.47. The molecule has 0 aliphatic carbocycles. The number of Topliss-reactive ketones (excluding diaryl/α,β-unsaturated/α-hetero) is 1. The first-order valence-corrected chi connectivity index (χ1v) is 10.2. The Morgan fingerprint density at radius 2 is 1.57 bits per heavy atom. The van der Waals surface area contributed by atoms with Crippen molar-refractivity contribution >= 4 is 5.78 Å². The van der Waals surface area contributed by atoms with Crippen LogP contribution in [0.2, 0.25) is 0 Å². The van der Waals surface area contributed by atoms with E-state index in [1.54, 1.807) is 0 Å². The molecule has 0 spiro atoms. The Balaban J connectivity index is 1.18. The molecule has 1 saturated heterocycles. The van der Waals surface area contributed by atoms with E-state index in [1.807, 2.05) is 18.2 Å². The highest BCUT2D eigenvalue weighted by molar-refractivity contribution is 5.96. The molecule has 5 nitrogen and oxygen atoms in total. The largest absolute Gasteiger partial charge is 0.486 e. The van der Waals surface area contributed by atoms with E-state index in [4.69, 9.17) is 9.47 Å². The molecule has 4 rings (SSSR count). The maximum Gasteiger partial charge on any atom is 0.163 e. The van der Waals surface area contributed by atoms with Crippen molar-refractivity contribution in [2.24, 2.45) is 0 Å². The summed E-state index contributed by atoms with van der Waals surface area (Å²) in [4.78, 5) is 17.5. The number of rotatable bonds is 7. The van der Waals surface area contributed by atoms with Crippen LogP contribution in [0, 0.1) is 0 Å². The van der Waals surface area contributed by atoms with Crippen molar-refractivity contribution in [2.45, 2.75) is 19.4 Å². The first-order valence-electron chi connectivity index (χ1n) is 10.2. The molecule has 2 aromatic carbocycles. The summed E-state index contributed by atoms with van der Waals surface area (Å²) in [6, 6.07) is 16.2. The van der Waals surface area contributed by atoms with Gasteiger partial charge in [0.15, 0.2) is 17.3 Å². The summed E-state index contributed by atoms with van der Waals surface area (Å²) in [7, 11) is 0. The highest BCUT2D eigenvalue weighted by Gasteiger charge is 2.18. The maximum absolute atomic E-state index is 12.5. The van der Waals surface area contributed by atoms with Crippen LogP contribution >= 0.6 is 0 Å². The lowest BCUT2D eigenvalue weighted by Crippen LogP contribution is -2.46. The van der Waals surface area contributed by atoms with Crippen molar-refractivity contribution in [3.8, 4) is 11.5 Å². The molecular weight excluding hydrogens is 352 g/mol. The van der Waals surface area contributed by atoms with E-state index < -0.39 is 0 Å². The van der Waals surface area contributed by atoms with Gasteiger partial charge < -0.3 is 14.4 Å². The van der Waals surface area contributed by atoms with E-state index >= 15 is 0 Å². The van der Waals surface area contributed by atoms with E-state index in [0.29, 0.717) is 25.4 Å². The number of benzene rings is 2. The molecule has 0 amide bonds. The normalized spacial score (nSPS) is 17.4. The third-order valence-electron chi connectivity index (χ3n) is 5.46. The third kappa shape index (κ3) is 4.91. The van der Waals surface area contributed by atoms with Crippen LogP contribution in [0.25, 0.3) is 0 Å². The lowest BCUT2D eigenvalue weighted by molar-refractivity contribution is 0.0958. The number of carbonyl (C=O) groups excluding carboxylic acids is 1. The Bertz CT molecular complexity index is 786. The summed E-state index contributed by atoms with van der Waals surface area (Å²) >= 11 is 0. The van der Waals surface area contributed by atoms with Gasteiger partial charge in [-0.1, -0.05) is 30.3 Å². The minimum atomic E-state index is 0.180. The molecule has 28 heavy (non-hydrogen) atoms. The summed E-state index contributed by atoms with van der Waals surface area (Å²) < 4.78 is 11.1. The Kier molecular flexibility index (Phi) is 6.24. The first kappa shape index (κ1) is 19.0. The van der Waals surface area contributed by atoms with Gasteiger partial charge in [-0.25, -0.2) is 0 Å². The Morgan fingerprint density at radius 3 is 2.36 bits per heavy atom. The number of piperazine rings is 1. The second-order valence-electron chi connectivity index (χ2n) is 7.49. The van der Waals surface area contributed by atoms with Crippen molar-refractivity contribution in [2.75, 3.05) is 45.9 Å². The van der Waals surface area contributed by atoms with Crippen molar-refractivity contribution in [3.63, 3.8) is 0 Å². The molecule has 0 atom stereocenters. The number of ether oxygens (including phenoxy) is 2. The van der Waals surface area contributed by atoms with E-state index in [0.717, 1.165) is 57.0 Å². The molecule has 2 aliphatic rings. The minimum Gasteiger partial charge on any atom is -0.486 e. The lowest BCUT2D eigenvalue weighted by atomic mass is 10.1. The van der Waals surface area contributed by atoms with Crippen molar-refractivity contribution in [1.82, 2.24) is 9.80 Å². The maximum atomic E-state index is 12.5. The topological polar surface area (TPSA) is 42.0 Å². The van der Waals surface area contributed by atoms with E-state index in [2.05, 4.69) is 40.1 Å². The fraction of sp³-hybridized carbons (Fsp3) is 0.435. The molecule has 0 saturated carbocycles. The second kappa shape index (κ2) is 9.22. The standard InChI is InChI=1S/C23H28N2O3/c26-21(20-8-9-22-23(17-20)28-16-15-27-22)7-4-10-24-11-13-25(14-12-24)18-19-5-2-1-3-6-19/h1-3,5-6,8-9,17H,4,7,10-16,18H2. The average molecular weight is 380 g/mol. The van der Waals surface area contributed by atoms with Crippen molar-refractivity contribution in [1.29, 1.82) is 0 Å². The van der Waals surface area contributed by atoms with E-state index in [1.165, 1.54) is 5.56 Å². The molecule has 5 heteroatoms.